The van der Waals surface area contributed by atoms with Gasteiger partial charge in [-0.25, -0.2) is 4.79 Å². The Balaban J connectivity index is 1.75. The van der Waals surface area contributed by atoms with Crippen LogP contribution in [0.4, 0.5) is 5.69 Å². The van der Waals surface area contributed by atoms with Crippen LogP contribution in [-0.4, -0.2) is 19.0 Å². The van der Waals surface area contributed by atoms with Crippen molar-refractivity contribution in [2.75, 3.05) is 12.4 Å². The van der Waals surface area contributed by atoms with E-state index in [4.69, 9.17) is 9.47 Å². The number of carbonyl (C=O) groups is 2. The van der Waals surface area contributed by atoms with Gasteiger partial charge in [-0.2, -0.15) is 0 Å². The predicted molar refractivity (Wildman–Crippen MR) is 112 cm³/mol. The molecule has 1 N–H and O–H groups in total. The fourth-order valence-electron chi connectivity index (χ4n) is 2.99. The molecule has 0 saturated heterocycles. The molecule has 0 saturated carbocycles. The molecular weight excluding hydrogens is 366 g/mol. The van der Waals surface area contributed by atoms with Crippen molar-refractivity contribution in [2.45, 2.75) is 20.5 Å². The third kappa shape index (κ3) is 5.02. The average Bonchev–Trinajstić information content (AvgIpc) is 2.72. The number of amides is 1. The van der Waals surface area contributed by atoms with Crippen LogP contribution in [-0.2, 0) is 11.3 Å². The topological polar surface area (TPSA) is 64.6 Å². The Hall–Kier alpha value is -3.60. The summed E-state index contributed by atoms with van der Waals surface area (Å²) in [5.74, 6) is -0.146. The molecule has 0 bridgehead atoms. The van der Waals surface area contributed by atoms with Crippen LogP contribution in [0.15, 0.2) is 66.7 Å². The number of rotatable bonds is 6. The molecule has 148 valence electrons. The number of hydrogen-bond acceptors (Lipinski definition) is 4. The van der Waals surface area contributed by atoms with E-state index < -0.39 is 5.97 Å². The summed E-state index contributed by atoms with van der Waals surface area (Å²) in [6, 6.07) is 19.7. The molecule has 5 nitrogen and oxygen atoms in total. The van der Waals surface area contributed by atoms with E-state index >= 15 is 0 Å². The quantitative estimate of drug-likeness (QED) is 0.608. The second-order valence-corrected chi connectivity index (χ2v) is 6.76. The summed E-state index contributed by atoms with van der Waals surface area (Å²) in [5.41, 5.74) is 4.03. The summed E-state index contributed by atoms with van der Waals surface area (Å²) < 4.78 is 10.8. The van der Waals surface area contributed by atoms with Crippen LogP contribution >= 0.6 is 0 Å². The molecule has 3 rings (SSSR count). The van der Waals surface area contributed by atoms with Crippen molar-refractivity contribution in [3.8, 4) is 5.75 Å². The molecule has 0 unspecified atom stereocenters. The first-order chi connectivity index (χ1) is 14.0. The Morgan fingerprint density at radius 1 is 0.897 bits per heavy atom. The molecule has 5 heteroatoms. The monoisotopic (exact) mass is 389 g/mol. The third-order valence-corrected chi connectivity index (χ3v) is 4.47. The lowest BCUT2D eigenvalue weighted by Gasteiger charge is -2.13. The predicted octanol–water partition coefficient (Wildman–Crippen LogP) is 4.92. The van der Waals surface area contributed by atoms with Crippen molar-refractivity contribution in [1.82, 2.24) is 0 Å². The van der Waals surface area contributed by atoms with Gasteiger partial charge in [0.25, 0.3) is 5.91 Å². The molecule has 0 aliphatic rings. The molecule has 0 atom stereocenters. The summed E-state index contributed by atoms with van der Waals surface area (Å²) in [6.07, 6.45) is 0. The van der Waals surface area contributed by atoms with Crippen molar-refractivity contribution in [3.05, 3.63) is 94.5 Å². The van der Waals surface area contributed by atoms with Gasteiger partial charge in [-0.15, -0.1) is 0 Å². The van der Waals surface area contributed by atoms with Crippen molar-refractivity contribution in [3.63, 3.8) is 0 Å². The number of ether oxygens (including phenoxy) is 2. The van der Waals surface area contributed by atoms with Gasteiger partial charge < -0.3 is 14.8 Å². The molecule has 0 spiro atoms. The van der Waals surface area contributed by atoms with Crippen LogP contribution in [0, 0.1) is 13.8 Å². The lowest BCUT2D eigenvalue weighted by atomic mass is 10.1. The average molecular weight is 389 g/mol. The summed E-state index contributed by atoms with van der Waals surface area (Å²) in [4.78, 5) is 25.2. The number of aryl methyl sites for hydroxylation is 2. The third-order valence-electron chi connectivity index (χ3n) is 4.47. The van der Waals surface area contributed by atoms with Crippen molar-refractivity contribution >= 4 is 17.6 Å². The number of hydrogen-bond donors (Lipinski definition) is 1. The minimum absolute atomic E-state index is 0.0733. The minimum Gasteiger partial charge on any atom is -0.496 e. The van der Waals surface area contributed by atoms with Crippen LogP contribution in [0.3, 0.4) is 0 Å². The number of nitrogens with one attached hydrogen (secondary N) is 1. The van der Waals surface area contributed by atoms with Gasteiger partial charge in [0.2, 0.25) is 0 Å². The van der Waals surface area contributed by atoms with Gasteiger partial charge in [0.05, 0.1) is 18.4 Å². The Labute approximate surface area is 170 Å². The van der Waals surface area contributed by atoms with Gasteiger partial charge in [0.15, 0.2) is 0 Å². The standard InChI is InChI=1S/C24H23NO4/c1-16-7-6-8-18(13-16)23(26)25-21-10-5-4-9-20(21)24(27)29-15-19-14-17(2)11-12-22(19)28-3/h4-14H,15H2,1-3H3,(H,25,26). The van der Waals surface area contributed by atoms with E-state index in [1.165, 1.54) is 0 Å². The maximum Gasteiger partial charge on any atom is 0.340 e. The highest BCUT2D eigenvalue weighted by Crippen LogP contribution is 2.23. The van der Waals surface area contributed by atoms with Gasteiger partial charge in [-0.3, -0.25) is 4.79 Å². The second kappa shape index (κ2) is 9.06. The molecular formula is C24H23NO4. The Kier molecular flexibility index (Phi) is 6.29. The fraction of sp³-hybridized carbons (Fsp3) is 0.167. The molecule has 0 radical (unpaired) electrons. The van der Waals surface area contributed by atoms with Gasteiger partial charge in [0.1, 0.15) is 12.4 Å². The van der Waals surface area contributed by atoms with E-state index in [0.717, 1.165) is 16.7 Å². The minimum atomic E-state index is -0.520. The second-order valence-electron chi connectivity index (χ2n) is 6.76. The summed E-state index contributed by atoms with van der Waals surface area (Å²) in [7, 11) is 1.58. The highest BCUT2D eigenvalue weighted by molar-refractivity contribution is 6.08. The van der Waals surface area contributed by atoms with Gasteiger partial charge in [0, 0.05) is 11.1 Å². The largest absolute Gasteiger partial charge is 0.496 e. The smallest absolute Gasteiger partial charge is 0.340 e. The Morgan fingerprint density at radius 2 is 1.66 bits per heavy atom. The molecule has 29 heavy (non-hydrogen) atoms. The zero-order valence-electron chi connectivity index (χ0n) is 16.7. The Bertz CT molecular complexity index is 1040. The fourth-order valence-corrected chi connectivity index (χ4v) is 2.99. The first kappa shape index (κ1) is 20.1. The zero-order chi connectivity index (χ0) is 20.8. The highest BCUT2D eigenvalue weighted by Gasteiger charge is 2.16. The lowest BCUT2D eigenvalue weighted by molar-refractivity contribution is 0.0471. The number of benzene rings is 3. The molecule has 0 aliphatic carbocycles. The highest BCUT2D eigenvalue weighted by atomic mass is 16.5. The first-order valence-electron chi connectivity index (χ1n) is 9.25. The zero-order valence-corrected chi connectivity index (χ0v) is 16.7. The summed E-state index contributed by atoms with van der Waals surface area (Å²) in [6.45, 7) is 3.95. The van der Waals surface area contributed by atoms with Crippen molar-refractivity contribution < 1.29 is 19.1 Å². The van der Waals surface area contributed by atoms with Gasteiger partial charge in [-0.1, -0.05) is 41.5 Å². The van der Waals surface area contributed by atoms with Crippen molar-refractivity contribution in [1.29, 1.82) is 0 Å². The van der Waals surface area contributed by atoms with Crippen LogP contribution in [0.5, 0.6) is 5.75 Å². The number of carbonyl (C=O) groups excluding carboxylic acids is 2. The van der Waals surface area contributed by atoms with E-state index in [2.05, 4.69) is 5.32 Å². The van der Waals surface area contributed by atoms with E-state index in [1.807, 2.05) is 44.2 Å². The van der Waals surface area contributed by atoms with E-state index in [-0.39, 0.29) is 12.5 Å². The van der Waals surface area contributed by atoms with Gasteiger partial charge >= 0.3 is 5.97 Å². The number of esters is 1. The molecule has 0 fully saturated rings. The summed E-state index contributed by atoms with van der Waals surface area (Å²) >= 11 is 0. The van der Waals surface area contributed by atoms with Crippen molar-refractivity contribution in [2.24, 2.45) is 0 Å². The molecule has 3 aromatic rings. The number of methoxy groups -OCH3 is 1. The van der Waals surface area contributed by atoms with E-state index in [9.17, 15) is 9.59 Å². The normalized spacial score (nSPS) is 10.3. The number of anilines is 1. The molecule has 0 aliphatic heterocycles. The van der Waals surface area contributed by atoms with Crippen LogP contribution < -0.4 is 10.1 Å². The lowest BCUT2D eigenvalue weighted by Crippen LogP contribution is -2.16. The van der Waals surface area contributed by atoms with E-state index in [1.54, 1.807) is 43.5 Å². The number of para-hydroxylation sites is 1. The van der Waals surface area contributed by atoms with Crippen LogP contribution in [0.25, 0.3) is 0 Å². The van der Waals surface area contributed by atoms with E-state index in [0.29, 0.717) is 22.6 Å². The summed E-state index contributed by atoms with van der Waals surface area (Å²) in [5, 5.41) is 2.80. The first-order valence-corrected chi connectivity index (χ1v) is 9.25. The molecule has 1 amide bonds. The maximum atomic E-state index is 12.7. The molecule has 0 heterocycles. The SMILES string of the molecule is COc1ccc(C)cc1COC(=O)c1ccccc1NC(=O)c1cccc(C)c1. The Morgan fingerprint density at radius 3 is 2.41 bits per heavy atom. The van der Waals surface area contributed by atoms with Crippen LogP contribution in [0.2, 0.25) is 0 Å². The van der Waals surface area contributed by atoms with Crippen LogP contribution in [0.1, 0.15) is 37.4 Å². The molecule has 0 aromatic heterocycles. The maximum absolute atomic E-state index is 12.7. The molecule has 3 aromatic carbocycles. The van der Waals surface area contributed by atoms with Gasteiger partial charge in [-0.05, 0) is 50.2 Å².